The molecule has 0 unspecified atom stereocenters. The molecule has 0 spiro atoms. The maximum Gasteiger partial charge on any atom is 0.403 e. The van der Waals surface area contributed by atoms with Crippen LogP contribution < -0.4 is 0 Å². The Morgan fingerprint density at radius 3 is 1.80 bits per heavy atom. The van der Waals surface area contributed by atoms with E-state index in [-0.39, 0.29) is 12.5 Å². The van der Waals surface area contributed by atoms with Gasteiger partial charge in [0.25, 0.3) is 0 Å². The lowest BCUT2D eigenvalue weighted by Gasteiger charge is -2.19. The summed E-state index contributed by atoms with van der Waals surface area (Å²) in [6.07, 6.45) is -7.85. The molecule has 15 heavy (non-hydrogen) atoms. The Morgan fingerprint density at radius 1 is 1.00 bits per heavy atom. The zero-order chi connectivity index (χ0) is 12.1. The smallest absolute Gasteiger partial charge is 0.170 e. The van der Waals surface area contributed by atoms with Crippen LogP contribution in [-0.2, 0) is 0 Å². The first-order valence-corrected chi connectivity index (χ1v) is 4.49. The van der Waals surface area contributed by atoms with Gasteiger partial charge in [0.2, 0.25) is 0 Å². The van der Waals surface area contributed by atoms with Crippen molar-refractivity contribution in [2.75, 3.05) is 0 Å². The highest BCUT2D eigenvalue weighted by atomic mass is 19.4. The molecule has 90 valence electrons. The van der Waals surface area contributed by atoms with Gasteiger partial charge in [-0.05, 0) is 6.42 Å². The Bertz CT molecular complexity index is 186. The van der Waals surface area contributed by atoms with E-state index in [0.717, 1.165) is 12.5 Å². The van der Waals surface area contributed by atoms with Crippen LogP contribution in [0, 0.1) is 5.92 Å². The number of alkyl halides is 6. The van der Waals surface area contributed by atoms with Crippen molar-refractivity contribution in [1.82, 2.24) is 0 Å². The zero-order valence-corrected chi connectivity index (χ0v) is 8.12. The van der Waals surface area contributed by atoms with E-state index in [1.54, 1.807) is 6.92 Å². The summed E-state index contributed by atoms with van der Waals surface area (Å²) >= 11 is 0. The molecule has 0 aromatic carbocycles. The van der Waals surface area contributed by atoms with Gasteiger partial charge in [-0.25, -0.2) is 0 Å². The third-order valence-electron chi connectivity index (χ3n) is 1.76. The molecule has 0 atom stereocenters. The van der Waals surface area contributed by atoms with Crippen LogP contribution in [-0.4, -0.2) is 12.4 Å². The SMILES string of the molecule is CCCC/C=C/C(C(F)(F)F)C(F)(F)F. The fraction of sp³-hybridized carbons (Fsp3) is 0.778. The molecule has 0 aliphatic heterocycles. The Morgan fingerprint density at radius 2 is 1.47 bits per heavy atom. The second-order valence-electron chi connectivity index (χ2n) is 3.13. The Hall–Kier alpha value is -0.680. The summed E-state index contributed by atoms with van der Waals surface area (Å²) in [4.78, 5) is 0. The Labute approximate surface area is 84.0 Å². The molecule has 0 aromatic rings. The van der Waals surface area contributed by atoms with Gasteiger partial charge in [0.15, 0.2) is 5.92 Å². The van der Waals surface area contributed by atoms with Gasteiger partial charge in [-0.1, -0.05) is 31.9 Å². The average molecular weight is 234 g/mol. The fourth-order valence-electron chi connectivity index (χ4n) is 0.958. The van der Waals surface area contributed by atoms with E-state index < -0.39 is 18.3 Å². The normalized spacial score (nSPS) is 14.1. The van der Waals surface area contributed by atoms with Crippen LogP contribution in [0.4, 0.5) is 26.3 Å². The van der Waals surface area contributed by atoms with E-state index in [1.165, 1.54) is 0 Å². The highest BCUT2D eigenvalue weighted by Gasteiger charge is 2.54. The monoisotopic (exact) mass is 234 g/mol. The van der Waals surface area contributed by atoms with Crippen molar-refractivity contribution >= 4 is 0 Å². The van der Waals surface area contributed by atoms with Gasteiger partial charge in [0, 0.05) is 0 Å². The maximum atomic E-state index is 12.0. The molecule has 0 aliphatic rings. The predicted octanol–water partition coefficient (Wildman–Crippen LogP) is 4.47. The minimum Gasteiger partial charge on any atom is -0.170 e. The fourth-order valence-corrected chi connectivity index (χ4v) is 0.958. The molecule has 0 N–H and O–H groups in total. The summed E-state index contributed by atoms with van der Waals surface area (Å²) in [5.74, 6) is -3.35. The van der Waals surface area contributed by atoms with E-state index in [4.69, 9.17) is 0 Å². The molecule has 0 aromatic heterocycles. The summed E-state index contributed by atoms with van der Waals surface area (Å²) < 4.78 is 71.7. The number of unbranched alkanes of at least 4 members (excludes halogenated alkanes) is 2. The summed E-state index contributed by atoms with van der Waals surface area (Å²) in [5.41, 5.74) is 0. The van der Waals surface area contributed by atoms with Crippen molar-refractivity contribution in [3.05, 3.63) is 12.2 Å². The van der Waals surface area contributed by atoms with E-state index >= 15 is 0 Å². The van der Waals surface area contributed by atoms with E-state index in [9.17, 15) is 26.3 Å². The first-order chi connectivity index (χ1) is 6.69. The second-order valence-corrected chi connectivity index (χ2v) is 3.13. The van der Waals surface area contributed by atoms with Crippen molar-refractivity contribution in [1.29, 1.82) is 0 Å². The van der Waals surface area contributed by atoms with Gasteiger partial charge < -0.3 is 0 Å². The largest absolute Gasteiger partial charge is 0.403 e. The minimum absolute atomic E-state index is 0.190. The third-order valence-corrected chi connectivity index (χ3v) is 1.76. The lowest BCUT2D eigenvalue weighted by Crippen LogP contribution is -2.34. The van der Waals surface area contributed by atoms with E-state index in [1.807, 2.05) is 0 Å². The van der Waals surface area contributed by atoms with Crippen molar-refractivity contribution in [2.45, 2.75) is 38.5 Å². The quantitative estimate of drug-likeness (QED) is 0.382. The maximum absolute atomic E-state index is 12.0. The standard InChI is InChI=1S/C9H12F6/c1-2-3-4-5-6-7(8(10,11)12)9(13,14)15/h5-7H,2-4H2,1H3/b6-5+. The molecule has 0 fully saturated rings. The predicted molar refractivity (Wildman–Crippen MR) is 44.3 cm³/mol. The van der Waals surface area contributed by atoms with Crippen molar-refractivity contribution in [3.8, 4) is 0 Å². The van der Waals surface area contributed by atoms with Crippen LogP contribution in [0.3, 0.4) is 0 Å². The zero-order valence-electron chi connectivity index (χ0n) is 8.12. The summed E-state index contributed by atoms with van der Waals surface area (Å²) in [6, 6.07) is 0. The molecule has 0 rings (SSSR count). The van der Waals surface area contributed by atoms with Crippen LogP contribution in [0.1, 0.15) is 26.2 Å². The van der Waals surface area contributed by atoms with Crippen LogP contribution >= 0.6 is 0 Å². The van der Waals surface area contributed by atoms with Crippen LogP contribution in [0.15, 0.2) is 12.2 Å². The number of allylic oxidation sites excluding steroid dienone is 2. The summed E-state index contributed by atoms with van der Waals surface area (Å²) in [7, 11) is 0. The lowest BCUT2D eigenvalue weighted by atomic mass is 10.1. The topological polar surface area (TPSA) is 0 Å². The van der Waals surface area contributed by atoms with Gasteiger partial charge in [0.05, 0.1) is 0 Å². The molecule has 0 nitrogen and oxygen atoms in total. The highest BCUT2D eigenvalue weighted by Crippen LogP contribution is 2.40. The number of hydrogen-bond acceptors (Lipinski definition) is 0. The molecule has 0 heterocycles. The lowest BCUT2D eigenvalue weighted by molar-refractivity contribution is -0.267. The van der Waals surface area contributed by atoms with Gasteiger partial charge in [-0.3, -0.25) is 0 Å². The van der Waals surface area contributed by atoms with Crippen molar-refractivity contribution < 1.29 is 26.3 Å². The van der Waals surface area contributed by atoms with Gasteiger partial charge in [0.1, 0.15) is 0 Å². The summed E-state index contributed by atoms with van der Waals surface area (Å²) in [5, 5.41) is 0. The first kappa shape index (κ1) is 14.3. The van der Waals surface area contributed by atoms with Gasteiger partial charge in [-0.2, -0.15) is 26.3 Å². The molecular weight excluding hydrogens is 222 g/mol. The van der Waals surface area contributed by atoms with E-state index in [2.05, 4.69) is 0 Å². The average Bonchev–Trinajstić information content (AvgIpc) is 1.99. The minimum atomic E-state index is -5.26. The molecule has 0 saturated heterocycles. The highest BCUT2D eigenvalue weighted by molar-refractivity contribution is 4.95. The number of hydrogen-bond donors (Lipinski definition) is 0. The molecule has 6 heteroatoms. The summed E-state index contributed by atoms with van der Waals surface area (Å²) in [6.45, 7) is 1.80. The van der Waals surface area contributed by atoms with Crippen LogP contribution in [0.25, 0.3) is 0 Å². The molecule has 0 saturated carbocycles. The Balaban J connectivity index is 4.47. The molecule has 0 aliphatic carbocycles. The second kappa shape index (κ2) is 5.42. The number of rotatable bonds is 4. The van der Waals surface area contributed by atoms with Gasteiger partial charge in [-0.15, -0.1) is 0 Å². The molecule has 0 radical (unpaired) electrons. The van der Waals surface area contributed by atoms with E-state index in [0.29, 0.717) is 6.42 Å². The Kier molecular flexibility index (Phi) is 5.17. The molecule has 0 bridgehead atoms. The third kappa shape index (κ3) is 5.69. The van der Waals surface area contributed by atoms with Crippen LogP contribution in [0.2, 0.25) is 0 Å². The van der Waals surface area contributed by atoms with Crippen LogP contribution in [0.5, 0.6) is 0 Å². The molecular formula is C9H12F6. The van der Waals surface area contributed by atoms with Crippen molar-refractivity contribution in [2.24, 2.45) is 5.92 Å². The van der Waals surface area contributed by atoms with Gasteiger partial charge >= 0.3 is 12.4 Å². The molecule has 0 amide bonds. The number of halogens is 6. The first-order valence-electron chi connectivity index (χ1n) is 4.49. The van der Waals surface area contributed by atoms with Crippen molar-refractivity contribution in [3.63, 3.8) is 0 Å².